The fourth-order valence-corrected chi connectivity index (χ4v) is 4.72. The summed E-state index contributed by atoms with van der Waals surface area (Å²) in [6.07, 6.45) is 7.19. The second kappa shape index (κ2) is 7.36. The van der Waals surface area contributed by atoms with Crippen molar-refractivity contribution in [1.29, 1.82) is 0 Å². The van der Waals surface area contributed by atoms with Gasteiger partial charge in [0.25, 0.3) is 0 Å². The van der Waals surface area contributed by atoms with E-state index in [1.54, 1.807) is 23.1 Å². The lowest BCUT2D eigenvalue weighted by atomic mass is 9.95. The van der Waals surface area contributed by atoms with Crippen molar-refractivity contribution in [3.63, 3.8) is 0 Å². The molecule has 1 fully saturated rings. The maximum Gasteiger partial charge on any atom is 0.191 e. The molecule has 0 spiro atoms. The molecule has 2 aromatic heterocycles. The molecule has 0 unspecified atom stereocenters. The number of hydrogen-bond acceptors (Lipinski definition) is 5. The van der Waals surface area contributed by atoms with Gasteiger partial charge >= 0.3 is 0 Å². The minimum absolute atomic E-state index is 0.512. The SMILES string of the molecule is CC(C)(O)CSc1nnc(Cc2cccs2)n1C1CCCCC1. The molecule has 0 bridgehead atoms. The number of aromatic nitrogens is 3. The highest BCUT2D eigenvalue weighted by Crippen LogP contribution is 2.34. The third-order valence-electron chi connectivity index (χ3n) is 4.14. The Morgan fingerprint density at radius 3 is 2.74 bits per heavy atom. The van der Waals surface area contributed by atoms with Gasteiger partial charge in [0.15, 0.2) is 5.16 Å². The summed E-state index contributed by atoms with van der Waals surface area (Å²) in [5, 5.41) is 22.0. The molecule has 23 heavy (non-hydrogen) atoms. The summed E-state index contributed by atoms with van der Waals surface area (Å²) in [5.41, 5.74) is -0.693. The first kappa shape index (κ1) is 17.0. The van der Waals surface area contributed by atoms with E-state index >= 15 is 0 Å². The normalized spacial score (nSPS) is 16.8. The second-order valence-corrected chi connectivity index (χ2v) is 8.89. The highest BCUT2D eigenvalue weighted by atomic mass is 32.2. The molecule has 4 nitrogen and oxygen atoms in total. The molecule has 2 heterocycles. The van der Waals surface area contributed by atoms with Gasteiger partial charge in [-0.2, -0.15) is 0 Å². The van der Waals surface area contributed by atoms with E-state index in [4.69, 9.17) is 0 Å². The Kier molecular flexibility index (Phi) is 5.44. The van der Waals surface area contributed by atoms with Crippen molar-refractivity contribution in [3.05, 3.63) is 28.2 Å². The zero-order chi connectivity index (χ0) is 16.3. The smallest absolute Gasteiger partial charge is 0.191 e. The number of rotatable bonds is 6. The van der Waals surface area contributed by atoms with E-state index in [1.807, 2.05) is 13.8 Å². The van der Waals surface area contributed by atoms with E-state index in [0.717, 1.165) is 17.4 Å². The minimum Gasteiger partial charge on any atom is -0.390 e. The fraction of sp³-hybridized carbons (Fsp3) is 0.647. The molecule has 1 saturated carbocycles. The van der Waals surface area contributed by atoms with Crippen molar-refractivity contribution in [2.75, 3.05) is 5.75 Å². The number of aliphatic hydroxyl groups is 1. The van der Waals surface area contributed by atoms with Gasteiger partial charge in [0.05, 0.1) is 5.60 Å². The van der Waals surface area contributed by atoms with Crippen molar-refractivity contribution < 1.29 is 5.11 Å². The summed E-state index contributed by atoms with van der Waals surface area (Å²) in [4.78, 5) is 1.33. The van der Waals surface area contributed by atoms with Crippen LogP contribution in [0.1, 0.15) is 62.7 Å². The third-order valence-corrected chi connectivity index (χ3v) is 6.41. The van der Waals surface area contributed by atoms with E-state index in [9.17, 15) is 5.11 Å². The summed E-state index contributed by atoms with van der Waals surface area (Å²) in [6.45, 7) is 3.68. The molecule has 1 aliphatic rings. The van der Waals surface area contributed by atoms with Crippen LogP contribution in [-0.2, 0) is 6.42 Å². The molecule has 2 aromatic rings. The van der Waals surface area contributed by atoms with Crippen LogP contribution in [0.15, 0.2) is 22.7 Å². The number of thiophene rings is 1. The zero-order valence-corrected chi connectivity index (χ0v) is 15.5. The first-order valence-electron chi connectivity index (χ1n) is 8.34. The van der Waals surface area contributed by atoms with E-state index in [1.165, 1.54) is 37.0 Å². The highest BCUT2D eigenvalue weighted by Gasteiger charge is 2.24. The fourth-order valence-electron chi connectivity index (χ4n) is 3.04. The summed E-state index contributed by atoms with van der Waals surface area (Å²) in [5.74, 6) is 1.70. The maximum atomic E-state index is 10.0. The predicted octanol–water partition coefficient (Wildman–Crippen LogP) is 4.30. The molecule has 0 atom stereocenters. The van der Waals surface area contributed by atoms with Gasteiger partial charge in [0.1, 0.15) is 5.82 Å². The van der Waals surface area contributed by atoms with Gasteiger partial charge in [0.2, 0.25) is 0 Å². The molecule has 0 aromatic carbocycles. The van der Waals surface area contributed by atoms with Gasteiger partial charge in [-0.05, 0) is 38.1 Å². The zero-order valence-electron chi connectivity index (χ0n) is 13.9. The predicted molar refractivity (Wildman–Crippen MR) is 96.3 cm³/mol. The van der Waals surface area contributed by atoms with Crippen LogP contribution < -0.4 is 0 Å². The monoisotopic (exact) mass is 351 g/mol. The summed E-state index contributed by atoms with van der Waals surface area (Å²) in [6, 6.07) is 4.76. The van der Waals surface area contributed by atoms with Crippen molar-refractivity contribution >= 4 is 23.1 Å². The van der Waals surface area contributed by atoms with Crippen LogP contribution in [0.25, 0.3) is 0 Å². The molecule has 0 saturated heterocycles. The molecule has 1 N–H and O–H groups in total. The average Bonchev–Trinajstić information content (AvgIpc) is 3.15. The Hall–Kier alpha value is -0.850. The van der Waals surface area contributed by atoms with Crippen LogP contribution in [0.2, 0.25) is 0 Å². The quantitative estimate of drug-likeness (QED) is 0.789. The minimum atomic E-state index is -0.693. The number of hydrogen-bond donors (Lipinski definition) is 1. The molecule has 0 amide bonds. The average molecular weight is 352 g/mol. The maximum absolute atomic E-state index is 10.0. The first-order chi connectivity index (χ1) is 11.0. The Bertz CT molecular complexity index is 610. The van der Waals surface area contributed by atoms with E-state index < -0.39 is 5.60 Å². The summed E-state index contributed by atoms with van der Waals surface area (Å²) in [7, 11) is 0. The Labute approximate surface area is 146 Å². The molecular formula is C17H25N3OS2. The van der Waals surface area contributed by atoms with Gasteiger partial charge in [-0.15, -0.1) is 21.5 Å². The van der Waals surface area contributed by atoms with E-state index in [0.29, 0.717) is 11.8 Å². The van der Waals surface area contributed by atoms with Gasteiger partial charge in [-0.3, -0.25) is 0 Å². The molecule has 1 aliphatic carbocycles. The Morgan fingerprint density at radius 1 is 1.30 bits per heavy atom. The van der Waals surface area contributed by atoms with Crippen molar-refractivity contribution in [1.82, 2.24) is 14.8 Å². The standard InChI is InChI=1S/C17H25N3OS2/c1-17(2,21)12-23-16-19-18-15(11-14-9-6-10-22-14)20(16)13-7-4-3-5-8-13/h6,9-10,13,21H,3-5,7-8,11-12H2,1-2H3. The molecule has 0 aliphatic heterocycles. The van der Waals surface area contributed by atoms with Crippen molar-refractivity contribution in [3.8, 4) is 0 Å². The highest BCUT2D eigenvalue weighted by molar-refractivity contribution is 7.99. The van der Waals surface area contributed by atoms with Gasteiger partial charge in [0, 0.05) is 23.1 Å². The topological polar surface area (TPSA) is 50.9 Å². The van der Waals surface area contributed by atoms with Gasteiger partial charge in [-0.25, -0.2) is 0 Å². The number of thioether (sulfide) groups is 1. The molecule has 6 heteroatoms. The largest absolute Gasteiger partial charge is 0.390 e. The van der Waals surface area contributed by atoms with Crippen molar-refractivity contribution in [2.45, 2.75) is 69.2 Å². The Balaban J connectivity index is 1.84. The van der Waals surface area contributed by atoms with Crippen LogP contribution in [0.3, 0.4) is 0 Å². The van der Waals surface area contributed by atoms with Crippen LogP contribution in [0, 0.1) is 0 Å². The van der Waals surface area contributed by atoms with Crippen LogP contribution in [-0.4, -0.2) is 31.2 Å². The van der Waals surface area contributed by atoms with Crippen molar-refractivity contribution in [2.24, 2.45) is 0 Å². The van der Waals surface area contributed by atoms with Crippen LogP contribution in [0.5, 0.6) is 0 Å². The Morgan fingerprint density at radius 2 is 2.09 bits per heavy atom. The second-order valence-electron chi connectivity index (χ2n) is 6.92. The lowest BCUT2D eigenvalue weighted by molar-refractivity contribution is 0.107. The van der Waals surface area contributed by atoms with Gasteiger partial charge < -0.3 is 9.67 Å². The third kappa shape index (κ3) is 4.58. The van der Waals surface area contributed by atoms with Crippen LogP contribution >= 0.6 is 23.1 Å². The van der Waals surface area contributed by atoms with Gasteiger partial charge in [-0.1, -0.05) is 37.1 Å². The summed E-state index contributed by atoms with van der Waals surface area (Å²) >= 11 is 3.40. The molecule has 3 rings (SSSR count). The lowest BCUT2D eigenvalue weighted by Crippen LogP contribution is -2.23. The summed E-state index contributed by atoms with van der Waals surface area (Å²) < 4.78 is 2.36. The molecule has 126 valence electrons. The molecular weight excluding hydrogens is 326 g/mol. The lowest BCUT2D eigenvalue weighted by Gasteiger charge is -2.26. The van der Waals surface area contributed by atoms with Crippen LogP contribution in [0.4, 0.5) is 0 Å². The molecule has 0 radical (unpaired) electrons. The van der Waals surface area contributed by atoms with E-state index in [-0.39, 0.29) is 0 Å². The first-order valence-corrected chi connectivity index (χ1v) is 10.2. The van der Waals surface area contributed by atoms with E-state index in [2.05, 4.69) is 32.3 Å². The number of nitrogens with zero attached hydrogens (tertiary/aromatic N) is 3.